The summed E-state index contributed by atoms with van der Waals surface area (Å²) in [6.07, 6.45) is 0.554. The molecule has 164 valence electrons. The number of halogens is 1. The average molecular weight is 444 g/mol. The number of ether oxygens (including phenoxy) is 1. The van der Waals surface area contributed by atoms with Crippen molar-refractivity contribution in [1.29, 1.82) is 0 Å². The fraction of sp³-hybridized carbons (Fsp3) is 0.318. The van der Waals surface area contributed by atoms with Gasteiger partial charge in [-0.15, -0.1) is 10.2 Å². The Labute approximate surface area is 185 Å². The quantitative estimate of drug-likeness (QED) is 0.377. The number of nitrogens with two attached hydrogens (primary N) is 1. The number of amides is 1. The van der Waals surface area contributed by atoms with Gasteiger partial charge in [0.1, 0.15) is 18.2 Å². The molecule has 0 aliphatic heterocycles. The minimum atomic E-state index is -0.436. The van der Waals surface area contributed by atoms with Crippen LogP contribution < -0.4 is 15.9 Å². The molecule has 0 radical (unpaired) electrons. The first kappa shape index (κ1) is 22.6. The lowest BCUT2D eigenvalue weighted by atomic mass is 10.0. The molecule has 2 aromatic carbocycles. The average Bonchev–Trinajstić information content (AvgIpc) is 3.11. The van der Waals surface area contributed by atoms with Crippen LogP contribution in [0.15, 0.2) is 53.7 Å². The molecule has 0 bridgehead atoms. The van der Waals surface area contributed by atoms with Crippen molar-refractivity contribution in [3.05, 3.63) is 65.7 Å². The van der Waals surface area contributed by atoms with Crippen LogP contribution in [0.4, 0.5) is 10.1 Å². The monoisotopic (exact) mass is 443 g/mol. The summed E-state index contributed by atoms with van der Waals surface area (Å²) < 4.78 is 20.1. The van der Waals surface area contributed by atoms with Crippen LogP contribution >= 0.6 is 11.8 Å². The van der Waals surface area contributed by atoms with Crippen molar-refractivity contribution >= 4 is 23.4 Å². The summed E-state index contributed by atoms with van der Waals surface area (Å²) in [5, 5.41) is 10.9. The van der Waals surface area contributed by atoms with Gasteiger partial charge in [0, 0.05) is 5.69 Å². The largest absolute Gasteiger partial charge is 0.486 e. The molecule has 1 unspecified atom stereocenters. The number of rotatable bonds is 9. The highest BCUT2D eigenvalue weighted by atomic mass is 32.2. The maximum atomic E-state index is 13.0. The van der Waals surface area contributed by atoms with Crippen molar-refractivity contribution in [2.45, 2.75) is 50.1 Å². The number of nitrogens with one attached hydrogen (secondary N) is 1. The Morgan fingerprint density at radius 3 is 2.45 bits per heavy atom. The lowest BCUT2D eigenvalue weighted by Gasteiger charge is -2.14. The van der Waals surface area contributed by atoms with Gasteiger partial charge in [-0.3, -0.25) is 4.79 Å². The van der Waals surface area contributed by atoms with Crippen molar-refractivity contribution in [1.82, 2.24) is 14.9 Å². The molecule has 0 spiro atoms. The molecule has 1 aromatic heterocycles. The molecule has 0 saturated carbocycles. The number of carbonyl (C=O) groups excluding carboxylic acids is 1. The Kier molecular flexibility index (Phi) is 7.51. The SMILES string of the molecule is CCC(Sc1nnc(COc2ccc(C(C)C)cc2)n1N)C(=O)Nc1ccc(F)cc1. The van der Waals surface area contributed by atoms with Gasteiger partial charge < -0.3 is 15.9 Å². The fourth-order valence-electron chi connectivity index (χ4n) is 2.79. The third kappa shape index (κ3) is 5.97. The van der Waals surface area contributed by atoms with E-state index in [1.807, 2.05) is 31.2 Å². The lowest BCUT2D eigenvalue weighted by Crippen LogP contribution is -2.26. The van der Waals surface area contributed by atoms with Gasteiger partial charge in [0.25, 0.3) is 0 Å². The molecule has 0 aliphatic rings. The van der Waals surface area contributed by atoms with E-state index >= 15 is 0 Å². The maximum Gasteiger partial charge on any atom is 0.237 e. The molecule has 3 N–H and O–H groups in total. The van der Waals surface area contributed by atoms with E-state index in [-0.39, 0.29) is 18.3 Å². The van der Waals surface area contributed by atoms with Crippen molar-refractivity contribution in [3.8, 4) is 5.75 Å². The summed E-state index contributed by atoms with van der Waals surface area (Å²) in [7, 11) is 0. The molecule has 0 fully saturated rings. The van der Waals surface area contributed by atoms with Crippen molar-refractivity contribution in [2.75, 3.05) is 11.2 Å². The number of nitrogen functional groups attached to an aromatic ring is 1. The van der Waals surface area contributed by atoms with Gasteiger partial charge in [-0.25, -0.2) is 9.07 Å². The smallest absolute Gasteiger partial charge is 0.237 e. The first-order chi connectivity index (χ1) is 14.9. The summed E-state index contributed by atoms with van der Waals surface area (Å²) in [6.45, 7) is 6.32. The molecule has 3 aromatic rings. The number of benzene rings is 2. The molecule has 31 heavy (non-hydrogen) atoms. The van der Waals surface area contributed by atoms with Gasteiger partial charge >= 0.3 is 0 Å². The Balaban J connectivity index is 1.60. The molecule has 7 nitrogen and oxygen atoms in total. The second-order valence-electron chi connectivity index (χ2n) is 7.29. The van der Waals surface area contributed by atoms with Gasteiger partial charge in [0.2, 0.25) is 11.1 Å². The number of anilines is 1. The first-order valence-electron chi connectivity index (χ1n) is 10.0. The molecule has 1 heterocycles. The predicted molar refractivity (Wildman–Crippen MR) is 120 cm³/mol. The van der Waals surface area contributed by atoms with Gasteiger partial charge in [-0.1, -0.05) is 44.7 Å². The molecule has 1 amide bonds. The minimum absolute atomic E-state index is 0.156. The maximum absolute atomic E-state index is 13.0. The third-order valence-corrected chi connectivity index (χ3v) is 5.99. The molecule has 0 saturated heterocycles. The van der Waals surface area contributed by atoms with E-state index in [0.29, 0.717) is 34.8 Å². The Morgan fingerprint density at radius 2 is 1.84 bits per heavy atom. The summed E-state index contributed by atoms with van der Waals surface area (Å²) in [5.74, 6) is 7.16. The van der Waals surface area contributed by atoms with Crippen LogP contribution in [0, 0.1) is 5.82 Å². The van der Waals surface area contributed by atoms with Gasteiger partial charge in [-0.2, -0.15) is 0 Å². The second kappa shape index (κ2) is 10.3. The first-order valence-corrected chi connectivity index (χ1v) is 10.9. The van der Waals surface area contributed by atoms with Gasteiger partial charge in [0.05, 0.1) is 5.25 Å². The second-order valence-corrected chi connectivity index (χ2v) is 8.46. The van der Waals surface area contributed by atoms with Crippen LogP contribution in [0.3, 0.4) is 0 Å². The van der Waals surface area contributed by atoms with E-state index in [1.54, 1.807) is 0 Å². The topological polar surface area (TPSA) is 95.1 Å². The lowest BCUT2D eigenvalue weighted by molar-refractivity contribution is -0.115. The predicted octanol–water partition coefficient (Wildman–Crippen LogP) is 4.34. The van der Waals surface area contributed by atoms with Gasteiger partial charge in [-0.05, 0) is 54.3 Å². The number of hydrogen-bond donors (Lipinski definition) is 2. The van der Waals surface area contributed by atoms with Crippen LogP contribution in [-0.2, 0) is 11.4 Å². The number of carbonyl (C=O) groups is 1. The van der Waals surface area contributed by atoms with Crippen molar-refractivity contribution in [2.24, 2.45) is 0 Å². The molecule has 9 heteroatoms. The molecule has 0 aliphatic carbocycles. The fourth-order valence-corrected chi connectivity index (χ4v) is 3.68. The van der Waals surface area contributed by atoms with E-state index in [1.165, 1.54) is 46.3 Å². The Bertz CT molecular complexity index is 1010. The minimum Gasteiger partial charge on any atom is -0.486 e. The highest BCUT2D eigenvalue weighted by molar-refractivity contribution is 8.00. The van der Waals surface area contributed by atoms with Crippen LogP contribution in [0.2, 0.25) is 0 Å². The van der Waals surface area contributed by atoms with E-state index in [0.717, 1.165) is 0 Å². The third-order valence-electron chi connectivity index (χ3n) is 4.67. The van der Waals surface area contributed by atoms with Crippen molar-refractivity contribution in [3.63, 3.8) is 0 Å². The molecule has 1 atom stereocenters. The van der Waals surface area contributed by atoms with Crippen LogP contribution in [0.1, 0.15) is 44.5 Å². The Morgan fingerprint density at radius 1 is 1.16 bits per heavy atom. The van der Waals surface area contributed by atoms with Crippen LogP contribution in [0.25, 0.3) is 0 Å². The number of aromatic nitrogens is 3. The molecular weight excluding hydrogens is 417 g/mol. The zero-order valence-electron chi connectivity index (χ0n) is 17.7. The number of thioether (sulfide) groups is 1. The van der Waals surface area contributed by atoms with E-state index < -0.39 is 5.25 Å². The Hall–Kier alpha value is -3.07. The highest BCUT2D eigenvalue weighted by Gasteiger charge is 2.22. The van der Waals surface area contributed by atoms with E-state index in [9.17, 15) is 9.18 Å². The summed E-state index contributed by atoms with van der Waals surface area (Å²) in [5.41, 5.74) is 1.76. The summed E-state index contributed by atoms with van der Waals surface area (Å²) in [6, 6.07) is 13.5. The van der Waals surface area contributed by atoms with E-state index in [2.05, 4.69) is 29.4 Å². The number of hydrogen-bond acceptors (Lipinski definition) is 6. The molecular formula is C22H26FN5O2S. The standard InChI is InChI=1S/C22H26FN5O2S/c1-4-19(21(29)25-17-9-7-16(23)8-10-17)31-22-27-26-20(28(22)24)13-30-18-11-5-15(6-12-18)14(2)3/h5-12,14,19H,4,13,24H2,1-3H3,(H,25,29). The number of nitrogens with zero attached hydrogens (tertiary/aromatic N) is 3. The summed E-state index contributed by atoms with van der Waals surface area (Å²) >= 11 is 1.22. The summed E-state index contributed by atoms with van der Waals surface area (Å²) in [4.78, 5) is 12.6. The van der Waals surface area contributed by atoms with Crippen LogP contribution in [0.5, 0.6) is 5.75 Å². The zero-order valence-corrected chi connectivity index (χ0v) is 18.5. The normalized spacial score (nSPS) is 12.0. The molecule has 3 rings (SSSR count). The van der Waals surface area contributed by atoms with Crippen molar-refractivity contribution < 1.29 is 13.9 Å². The van der Waals surface area contributed by atoms with Crippen LogP contribution in [-0.4, -0.2) is 26.0 Å². The van der Waals surface area contributed by atoms with Gasteiger partial charge in [0.15, 0.2) is 5.82 Å². The zero-order chi connectivity index (χ0) is 22.4. The highest BCUT2D eigenvalue weighted by Crippen LogP contribution is 2.25. The van der Waals surface area contributed by atoms with E-state index in [4.69, 9.17) is 10.6 Å².